The van der Waals surface area contributed by atoms with Crippen LogP contribution in [0.25, 0.3) is 0 Å². The number of aliphatic carboxylic acids is 1. The second-order valence-corrected chi connectivity index (χ2v) is 26.3. The third-order valence-electron chi connectivity index (χ3n) is 21.4. The molecule has 9 aliphatic rings. The van der Waals surface area contributed by atoms with Crippen LogP contribution in [0.4, 0.5) is 0 Å². The van der Waals surface area contributed by atoms with Crippen LogP contribution in [-0.4, -0.2) is 220 Å². The Labute approximate surface area is 448 Å². The monoisotopic (exact) mass is 1100 g/mol. The number of ether oxygens (including phenoxy) is 8. The molecular weight excluding hydrogens is 1020 g/mol. The van der Waals surface area contributed by atoms with E-state index in [4.69, 9.17) is 37.9 Å². The van der Waals surface area contributed by atoms with E-state index in [0.29, 0.717) is 44.9 Å². The topological polar surface area (TPSA) is 371 Å². The zero-order chi connectivity index (χ0) is 56.4. The molecule has 5 aliphatic carbocycles. The molecule has 0 radical (unpaired) electrons. The molecule has 4 saturated carbocycles. The zero-order valence-electron chi connectivity index (χ0n) is 45.3. The summed E-state index contributed by atoms with van der Waals surface area (Å²) in [4.78, 5) is 27.4. The molecular formula is C54H86O23. The van der Waals surface area contributed by atoms with Crippen LogP contribution >= 0.6 is 0 Å². The Balaban J connectivity index is 0.939. The first-order valence-electron chi connectivity index (χ1n) is 27.7. The number of carboxylic acid groups (broad SMARTS) is 1. The van der Waals surface area contributed by atoms with E-state index < -0.39 is 165 Å². The van der Waals surface area contributed by atoms with Crippen LogP contribution in [0, 0.1) is 50.2 Å². The molecule has 9 rings (SSSR count). The first-order valence-corrected chi connectivity index (χ1v) is 27.7. The van der Waals surface area contributed by atoms with Crippen LogP contribution in [-0.2, 0) is 47.5 Å². The van der Waals surface area contributed by atoms with Crippen molar-refractivity contribution >= 4 is 11.9 Å². The maximum Gasteiger partial charge on any atom is 0.335 e. The van der Waals surface area contributed by atoms with Crippen molar-refractivity contribution in [1.29, 1.82) is 0 Å². The highest BCUT2D eigenvalue weighted by molar-refractivity contribution is 5.79. The van der Waals surface area contributed by atoms with Gasteiger partial charge in [-0.15, -0.1) is 0 Å². The average molecular weight is 1100 g/mol. The Morgan fingerprint density at radius 1 is 0.584 bits per heavy atom. The lowest BCUT2D eigenvalue weighted by molar-refractivity contribution is -0.374. The molecule has 13 N–H and O–H groups in total. The Bertz CT molecular complexity index is 2180. The van der Waals surface area contributed by atoms with Gasteiger partial charge in [-0.05, 0) is 116 Å². The fourth-order valence-electron chi connectivity index (χ4n) is 16.4. The minimum atomic E-state index is -2.00. The number of fused-ring (bicyclic) bond motifs is 7. The van der Waals surface area contributed by atoms with Crippen LogP contribution in [0.1, 0.15) is 120 Å². The highest BCUT2D eigenvalue weighted by Gasteiger charge is 2.70. The second-order valence-electron chi connectivity index (χ2n) is 26.3. The summed E-state index contributed by atoms with van der Waals surface area (Å²) in [7, 11) is 0. The normalized spacial score (nSPS) is 53.4. The lowest BCUT2D eigenvalue weighted by Gasteiger charge is -2.71. The van der Waals surface area contributed by atoms with Crippen molar-refractivity contribution in [3.05, 3.63) is 11.6 Å². The number of rotatable bonds is 11. The lowest BCUT2D eigenvalue weighted by Crippen LogP contribution is -2.67. The number of hydrogen-bond acceptors (Lipinski definition) is 22. The Morgan fingerprint density at radius 2 is 1.17 bits per heavy atom. The van der Waals surface area contributed by atoms with Crippen molar-refractivity contribution in [3.63, 3.8) is 0 Å². The van der Waals surface area contributed by atoms with Crippen LogP contribution < -0.4 is 0 Å². The van der Waals surface area contributed by atoms with Gasteiger partial charge in [-0.2, -0.15) is 0 Å². The van der Waals surface area contributed by atoms with Gasteiger partial charge in [0.1, 0.15) is 85.5 Å². The number of allylic oxidation sites excluding steroid dienone is 2. The van der Waals surface area contributed by atoms with Crippen LogP contribution in [0.3, 0.4) is 0 Å². The second kappa shape index (κ2) is 21.3. The van der Waals surface area contributed by atoms with Gasteiger partial charge in [0.15, 0.2) is 25.0 Å². The summed E-state index contributed by atoms with van der Waals surface area (Å²) in [5.74, 6) is -2.18. The zero-order valence-corrected chi connectivity index (χ0v) is 45.3. The summed E-state index contributed by atoms with van der Waals surface area (Å²) in [6.45, 7) is 15.6. The molecule has 23 heteroatoms. The van der Waals surface area contributed by atoms with Crippen molar-refractivity contribution in [3.8, 4) is 0 Å². The molecule has 4 aliphatic heterocycles. The van der Waals surface area contributed by atoms with E-state index in [1.165, 1.54) is 12.5 Å². The number of hydrogen-bond donors (Lipinski definition) is 13. The van der Waals surface area contributed by atoms with Crippen molar-refractivity contribution in [2.75, 3.05) is 13.2 Å². The van der Waals surface area contributed by atoms with E-state index in [1.807, 2.05) is 0 Å². The molecule has 0 aromatic rings. The molecule has 0 amide bonds. The molecule has 23 nitrogen and oxygen atoms in total. The largest absolute Gasteiger partial charge is 0.479 e. The van der Waals surface area contributed by atoms with Gasteiger partial charge in [-0.1, -0.05) is 60.1 Å². The standard InChI is InChI=1S/C54H86O23/c1-22-30(57)32(59)37(64)44(70-22)74-40-26(21-56)72-46(39(66)36(40)63)77-48(69)54-17-15-49(2,3)19-24(54)23-9-10-28-51(6)13-12-29(50(4,5)27(51)11-14-53(28,8)52(23,7)16-18-54)73-47-42(35(62)34(61)41(75-47)43(67)68)76-45-38(65)33(60)31(58)25(20-55)71-45/h9,22,24-42,44-47,55-66H,10-21H2,1-8H3,(H,67,68)/t22-,24-,25+,26+,27-,28+,29-,30-,31-,32+,33-,34-,35-,36+,37+,38+,39+,40+,41-,42+,44-,45-,46-,47+,51-,52+,53+,54-/m0/s1. The number of esters is 1. The van der Waals surface area contributed by atoms with E-state index in [-0.39, 0.29) is 39.4 Å². The van der Waals surface area contributed by atoms with Gasteiger partial charge < -0.3 is 104 Å². The number of carbonyl (C=O) groups is 2. The molecule has 77 heavy (non-hydrogen) atoms. The molecule has 0 unspecified atom stereocenters. The fraction of sp³-hybridized carbons (Fsp3) is 0.926. The summed E-state index contributed by atoms with van der Waals surface area (Å²) >= 11 is 0. The predicted molar refractivity (Wildman–Crippen MR) is 262 cm³/mol. The molecule has 8 fully saturated rings. The number of carbonyl (C=O) groups excluding carboxylic acids is 1. The molecule has 440 valence electrons. The van der Waals surface area contributed by atoms with E-state index in [1.54, 1.807) is 0 Å². The minimum absolute atomic E-state index is 0.0455. The van der Waals surface area contributed by atoms with Crippen molar-refractivity contribution in [2.24, 2.45) is 50.2 Å². The third-order valence-corrected chi connectivity index (χ3v) is 21.4. The highest BCUT2D eigenvalue weighted by Crippen LogP contribution is 2.76. The third kappa shape index (κ3) is 9.66. The summed E-state index contributed by atoms with van der Waals surface area (Å²) in [5, 5.41) is 138. The number of carboxylic acids is 1. The van der Waals surface area contributed by atoms with Crippen LogP contribution in [0.2, 0.25) is 0 Å². The van der Waals surface area contributed by atoms with Gasteiger partial charge in [0.05, 0.1) is 30.8 Å². The maximum absolute atomic E-state index is 15.1. The van der Waals surface area contributed by atoms with Crippen LogP contribution in [0.15, 0.2) is 11.6 Å². The molecule has 28 atom stereocenters. The van der Waals surface area contributed by atoms with Crippen molar-refractivity contribution in [1.82, 2.24) is 0 Å². The Kier molecular flexibility index (Phi) is 16.5. The van der Waals surface area contributed by atoms with Gasteiger partial charge in [0.25, 0.3) is 0 Å². The lowest BCUT2D eigenvalue weighted by atomic mass is 9.33. The first-order chi connectivity index (χ1) is 35.9. The first kappa shape index (κ1) is 59.5. The summed E-state index contributed by atoms with van der Waals surface area (Å²) in [6, 6.07) is 0. The maximum atomic E-state index is 15.1. The van der Waals surface area contributed by atoms with Crippen LogP contribution in [0.5, 0.6) is 0 Å². The fourth-order valence-corrected chi connectivity index (χ4v) is 16.4. The Morgan fingerprint density at radius 3 is 1.82 bits per heavy atom. The quantitative estimate of drug-likeness (QED) is 0.0676. The molecule has 4 saturated heterocycles. The summed E-state index contributed by atoms with van der Waals surface area (Å²) in [5.41, 5.74) is -1.45. The van der Waals surface area contributed by atoms with E-state index >= 15 is 4.79 Å². The summed E-state index contributed by atoms with van der Waals surface area (Å²) < 4.78 is 47.6. The van der Waals surface area contributed by atoms with Gasteiger partial charge >= 0.3 is 11.9 Å². The van der Waals surface area contributed by atoms with E-state index in [2.05, 4.69) is 54.5 Å². The van der Waals surface area contributed by atoms with Crippen molar-refractivity contribution < 1.29 is 114 Å². The molecule has 0 aromatic heterocycles. The smallest absolute Gasteiger partial charge is 0.335 e. The highest BCUT2D eigenvalue weighted by atomic mass is 16.8. The minimum Gasteiger partial charge on any atom is -0.479 e. The Hall–Kier alpha value is -2.08. The van der Waals surface area contributed by atoms with E-state index in [0.717, 1.165) is 19.3 Å². The predicted octanol–water partition coefficient (Wildman–Crippen LogP) is -0.915. The van der Waals surface area contributed by atoms with Gasteiger partial charge in [0.2, 0.25) is 6.29 Å². The SMILES string of the molecule is C[C@@H]1O[C@@H](O[C@H]2[C@H](O)[C@@H](O)[C@H](OC(=O)[C@]34CCC(C)(C)C[C@H]3C3=CC[C@@H]5[C@@]6(C)CC[C@H](O[C@@H]7O[C@H](C(=O)O)[C@@H](O)[C@H](O)[C@H]7O[C@@H]7O[C@H](CO)[C@H](O)[C@H](O)[C@H]7O)C(C)(C)[C@@H]6CC[C@@]5(C)[C@]3(C)CC4)O[C@@H]2CO)[C@H](O)[C@H](O)[C@H]1O. The molecule has 0 aromatic carbocycles. The van der Waals surface area contributed by atoms with Gasteiger partial charge in [-0.3, -0.25) is 4.79 Å². The van der Waals surface area contributed by atoms with Gasteiger partial charge in [0, 0.05) is 0 Å². The average Bonchev–Trinajstić information content (AvgIpc) is 3.49. The van der Waals surface area contributed by atoms with Crippen molar-refractivity contribution in [2.45, 2.75) is 249 Å². The molecule has 0 spiro atoms. The van der Waals surface area contributed by atoms with Gasteiger partial charge in [-0.25, -0.2) is 4.79 Å². The number of aliphatic hydroxyl groups is 12. The molecule has 0 bridgehead atoms. The van der Waals surface area contributed by atoms with E-state index in [9.17, 15) is 71.2 Å². The molecule has 4 heterocycles. The number of aliphatic hydroxyl groups excluding tert-OH is 12. The summed E-state index contributed by atoms with van der Waals surface area (Å²) in [6.07, 6.45) is -24.9.